The highest BCUT2D eigenvalue weighted by Gasteiger charge is 2.11. The fourth-order valence-electron chi connectivity index (χ4n) is 2.03. The SMILES string of the molecule is Cc1ccc(C)c(OCCC(CN)N(C)C)c1C. The Hall–Kier alpha value is -1.06. The molecule has 3 nitrogen and oxygen atoms in total. The van der Waals surface area contributed by atoms with Gasteiger partial charge in [0, 0.05) is 12.6 Å². The van der Waals surface area contributed by atoms with Gasteiger partial charge in [-0.05, 0) is 58.0 Å². The van der Waals surface area contributed by atoms with Gasteiger partial charge in [0.15, 0.2) is 0 Å². The Balaban J connectivity index is 2.61. The van der Waals surface area contributed by atoms with Crippen LogP contribution >= 0.6 is 0 Å². The molecule has 1 rings (SSSR count). The molecule has 0 amide bonds. The zero-order chi connectivity index (χ0) is 13.7. The third-order valence-electron chi connectivity index (χ3n) is 3.57. The molecule has 0 aromatic heterocycles. The molecule has 0 aliphatic heterocycles. The molecule has 0 radical (unpaired) electrons. The summed E-state index contributed by atoms with van der Waals surface area (Å²) in [5.74, 6) is 1.03. The first-order valence-corrected chi connectivity index (χ1v) is 6.53. The molecule has 0 aliphatic carbocycles. The summed E-state index contributed by atoms with van der Waals surface area (Å²) in [5.41, 5.74) is 9.46. The Morgan fingerprint density at radius 2 is 1.78 bits per heavy atom. The second-order valence-corrected chi connectivity index (χ2v) is 5.14. The molecule has 0 saturated carbocycles. The molecule has 18 heavy (non-hydrogen) atoms. The maximum atomic E-state index is 5.95. The normalized spacial score (nSPS) is 12.8. The van der Waals surface area contributed by atoms with Gasteiger partial charge in [0.2, 0.25) is 0 Å². The molecule has 0 aliphatic rings. The predicted octanol–water partition coefficient (Wildman–Crippen LogP) is 2.27. The highest BCUT2D eigenvalue weighted by molar-refractivity contribution is 5.44. The molecule has 102 valence electrons. The van der Waals surface area contributed by atoms with E-state index in [4.69, 9.17) is 10.5 Å². The molecule has 0 spiro atoms. The van der Waals surface area contributed by atoms with Gasteiger partial charge in [0.25, 0.3) is 0 Å². The standard InChI is InChI=1S/C15H26N2O/c1-11-6-7-12(2)15(13(11)3)18-9-8-14(10-16)17(4)5/h6-7,14H,8-10,16H2,1-5H3. The number of hydrogen-bond donors (Lipinski definition) is 1. The van der Waals surface area contributed by atoms with Crippen LogP contribution in [0.2, 0.25) is 0 Å². The van der Waals surface area contributed by atoms with E-state index in [1.165, 1.54) is 16.7 Å². The summed E-state index contributed by atoms with van der Waals surface area (Å²) >= 11 is 0. The topological polar surface area (TPSA) is 38.5 Å². The van der Waals surface area contributed by atoms with Crippen molar-refractivity contribution in [2.45, 2.75) is 33.2 Å². The number of nitrogens with two attached hydrogens (primary N) is 1. The zero-order valence-electron chi connectivity index (χ0n) is 12.3. The van der Waals surface area contributed by atoms with Crippen molar-refractivity contribution in [3.63, 3.8) is 0 Å². The van der Waals surface area contributed by atoms with E-state index in [1.54, 1.807) is 0 Å². The Kier molecular flexibility index (Phi) is 5.63. The summed E-state index contributed by atoms with van der Waals surface area (Å²) < 4.78 is 5.95. The maximum absolute atomic E-state index is 5.95. The molecule has 1 aromatic rings. The molecule has 0 saturated heterocycles. The highest BCUT2D eigenvalue weighted by atomic mass is 16.5. The first-order chi connectivity index (χ1) is 8.47. The number of hydrogen-bond acceptors (Lipinski definition) is 3. The minimum atomic E-state index is 0.385. The van der Waals surface area contributed by atoms with Crippen molar-refractivity contribution in [3.05, 3.63) is 28.8 Å². The van der Waals surface area contributed by atoms with E-state index < -0.39 is 0 Å². The van der Waals surface area contributed by atoms with Crippen LogP contribution in [0.3, 0.4) is 0 Å². The van der Waals surface area contributed by atoms with Crippen LogP contribution in [0.25, 0.3) is 0 Å². The van der Waals surface area contributed by atoms with Gasteiger partial charge < -0.3 is 15.4 Å². The molecule has 1 aromatic carbocycles. The molecular formula is C15H26N2O. The van der Waals surface area contributed by atoms with Crippen LogP contribution in [-0.4, -0.2) is 38.2 Å². The summed E-state index contributed by atoms with van der Waals surface area (Å²) in [6.45, 7) is 7.70. The number of ether oxygens (including phenoxy) is 1. The number of rotatable bonds is 6. The summed E-state index contributed by atoms with van der Waals surface area (Å²) in [6.07, 6.45) is 0.955. The first kappa shape index (κ1) is 15.0. The van der Waals surface area contributed by atoms with Gasteiger partial charge in [-0.25, -0.2) is 0 Å². The van der Waals surface area contributed by atoms with Crippen LogP contribution in [-0.2, 0) is 0 Å². The summed E-state index contributed by atoms with van der Waals surface area (Å²) in [6, 6.07) is 4.64. The highest BCUT2D eigenvalue weighted by Crippen LogP contribution is 2.25. The number of nitrogens with zero attached hydrogens (tertiary/aromatic N) is 1. The number of aryl methyl sites for hydroxylation is 2. The quantitative estimate of drug-likeness (QED) is 0.841. The van der Waals surface area contributed by atoms with Gasteiger partial charge in [-0.2, -0.15) is 0 Å². The molecule has 2 N–H and O–H groups in total. The van der Waals surface area contributed by atoms with E-state index in [1.807, 2.05) is 0 Å². The molecule has 0 bridgehead atoms. The van der Waals surface area contributed by atoms with Crippen molar-refractivity contribution in [2.24, 2.45) is 5.73 Å². The summed E-state index contributed by atoms with van der Waals surface area (Å²) in [5, 5.41) is 0. The van der Waals surface area contributed by atoms with Gasteiger partial charge in [0.1, 0.15) is 5.75 Å². The number of likely N-dealkylation sites (N-methyl/N-ethyl adjacent to an activating group) is 1. The van der Waals surface area contributed by atoms with E-state index in [2.05, 4.69) is 51.9 Å². The lowest BCUT2D eigenvalue weighted by atomic mass is 10.1. The van der Waals surface area contributed by atoms with Crippen LogP contribution in [0.1, 0.15) is 23.1 Å². The third-order valence-corrected chi connectivity index (χ3v) is 3.57. The van der Waals surface area contributed by atoms with Crippen LogP contribution in [0.15, 0.2) is 12.1 Å². The fraction of sp³-hybridized carbons (Fsp3) is 0.600. The smallest absolute Gasteiger partial charge is 0.125 e. The van der Waals surface area contributed by atoms with E-state index in [-0.39, 0.29) is 0 Å². The van der Waals surface area contributed by atoms with Gasteiger partial charge >= 0.3 is 0 Å². The maximum Gasteiger partial charge on any atom is 0.125 e. The average Bonchev–Trinajstić information content (AvgIpc) is 2.33. The Morgan fingerprint density at radius 1 is 1.17 bits per heavy atom. The molecule has 0 heterocycles. The van der Waals surface area contributed by atoms with Crippen LogP contribution in [0, 0.1) is 20.8 Å². The van der Waals surface area contributed by atoms with Gasteiger partial charge in [0.05, 0.1) is 6.61 Å². The first-order valence-electron chi connectivity index (χ1n) is 6.53. The fourth-order valence-corrected chi connectivity index (χ4v) is 2.03. The van der Waals surface area contributed by atoms with Gasteiger partial charge in [-0.1, -0.05) is 12.1 Å². The van der Waals surface area contributed by atoms with E-state index in [9.17, 15) is 0 Å². The Morgan fingerprint density at radius 3 is 2.33 bits per heavy atom. The lowest BCUT2D eigenvalue weighted by Crippen LogP contribution is -2.36. The molecule has 0 fully saturated rings. The van der Waals surface area contributed by atoms with E-state index >= 15 is 0 Å². The van der Waals surface area contributed by atoms with E-state index in [0.29, 0.717) is 19.2 Å². The second-order valence-electron chi connectivity index (χ2n) is 5.14. The lowest BCUT2D eigenvalue weighted by molar-refractivity contribution is 0.224. The second kappa shape index (κ2) is 6.76. The van der Waals surface area contributed by atoms with Crippen molar-refractivity contribution >= 4 is 0 Å². The predicted molar refractivity (Wildman–Crippen MR) is 77.3 cm³/mol. The van der Waals surface area contributed by atoms with Crippen LogP contribution < -0.4 is 10.5 Å². The average molecular weight is 250 g/mol. The van der Waals surface area contributed by atoms with Gasteiger partial charge in [-0.15, -0.1) is 0 Å². The zero-order valence-corrected chi connectivity index (χ0v) is 12.3. The lowest BCUT2D eigenvalue weighted by Gasteiger charge is -2.23. The van der Waals surface area contributed by atoms with Crippen molar-refractivity contribution in [2.75, 3.05) is 27.2 Å². The van der Waals surface area contributed by atoms with Crippen molar-refractivity contribution in [1.82, 2.24) is 4.90 Å². The van der Waals surface area contributed by atoms with Crippen molar-refractivity contribution in [1.29, 1.82) is 0 Å². The summed E-state index contributed by atoms with van der Waals surface area (Å²) in [7, 11) is 4.11. The van der Waals surface area contributed by atoms with Crippen LogP contribution in [0.5, 0.6) is 5.75 Å². The minimum Gasteiger partial charge on any atom is -0.493 e. The largest absolute Gasteiger partial charge is 0.493 e. The molecular weight excluding hydrogens is 224 g/mol. The summed E-state index contributed by atoms with van der Waals surface area (Å²) in [4.78, 5) is 2.15. The minimum absolute atomic E-state index is 0.385. The van der Waals surface area contributed by atoms with E-state index in [0.717, 1.165) is 12.2 Å². The third kappa shape index (κ3) is 3.72. The van der Waals surface area contributed by atoms with Crippen LogP contribution in [0.4, 0.5) is 0 Å². The van der Waals surface area contributed by atoms with Crippen molar-refractivity contribution in [3.8, 4) is 5.75 Å². The van der Waals surface area contributed by atoms with Crippen molar-refractivity contribution < 1.29 is 4.74 Å². The van der Waals surface area contributed by atoms with Gasteiger partial charge in [-0.3, -0.25) is 0 Å². The number of benzene rings is 1. The molecule has 1 atom stereocenters. The Bertz CT molecular complexity index is 388. The molecule has 1 unspecified atom stereocenters. The molecule has 3 heteroatoms. The monoisotopic (exact) mass is 250 g/mol. The Labute approximate surface area is 111 Å².